The van der Waals surface area contributed by atoms with Gasteiger partial charge in [-0.25, -0.2) is 0 Å². The van der Waals surface area contributed by atoms with Crippen molar-refractivity contribution in [3.63, 3.8) is 0 Å². The molecule has 2 unspecified atom stereocenters. The Labute approximate surface area is 96.5 Å². The molecule has 2 saturated carbocycles. The molecule has 2 rings (SSSR count). The molecule has 2 aliphatic rings. The van der Waals surface area contributed by atoms with Crippen LogP contribution in [0.2, 0.25) is 0 Å². The Bertz CT molecular complexity index is 298. The van der Waals surface area contributed by atoms with Crippen LogP contribution in [0.3, 0.4) is 0 Å². The molecule has 0 radical (unpaired) electrons. The second-order valence-electron chi connectivity index (χ2n) is 6.10. The summed E-state index contributed by atoms with van der Waals surface area (Å²) in [7, 11) is 0. The highest BCUT2D eigenvalue weighted by Gasteiger charge is 2.47. The lowest BCUT2D eigenvalue weighted by Crippen LogP contribution is -2.37. The maximum atomic E-state index is 12.0. The van der Waals surface area contributed by atoms with Gasteiger partial charge in [0.2, 0.25) is 0 Å². The molecule has 16 heavy (non-hydrogen) atoms. The van der Waals surface area contributed by atoms with Gasteiger partial charge >= 0.3 is 5.97 Å². The fourth-order valence-electron chi connectivity index (χ4n) is 3.05. The van der Waals surface area contributed by atoms with Crippen molar-refractivity contribution in [1.29, 1.82) is 0 Å². The Kier molecular flexibility index (Phi) is 2.81. The average molecular weight is 224 g/mol. The van der Waals surface area contributed by atoms with E-state index in [1.807, 2.05) is 20.8 Å². The Morgan fingerprint density at radius 3 is 2.12 bits per heavy atom. The van der Waals surface area contributed by atoms with Gasteiger partial charge in [-0.15, -0.1) is 0 Å². The first-order chi connectivity index (χ1) is 7.37. The first kappa shape index (κ1) is 11.6. The van der Waals surface area contributed by atoms with E-state index in [1.54, 1.807) is 0 Å². The molecule has 2 aliphatic carbocycles. The van der Waals surface area contributed by atoms with Crippen molar-refractivity contribution in [3.8, 4) is 0 Å². The summed E-state index contributed by atoms with van der Waals surface area (Å²) in [6, 6.07) is 0. The van der Waals surface area contributed by atoms with Crippen molar-refractivity contribution in [3.05, 3.63) is 0 Å². The van der Waals surface area contributed by atoms with E-state index in [4.69, 9.17) is 4.74 Å². The monoisotopic (exact) mass is 224 g/mol. The third-order valence-electron chi connectivity index (χ3n) is 3.58. The SMILES string of the molecule is CC(C)(C)OC(=O)C1C2CCC1CC(=O)C2. The molecule has 3 nitrogen and oxygen atoms in total. The number of rotatable bonds is 1. The van der Waals surface area contributed by atoms with E-state index in [-0.39, 0.29) is 23.7 Å². The van der Waals surface area contributed by atoms with Crippen LogP contribution < -0.4 is 0 Å². The minimum absolute atomic E-state index is 0.0167. The molecule has 0 N–H and O–H groups in total. The normalized spacial score (nSPS) is 33.9. The summed E-state index contributed by atoms with van der Waals surface area (Å²) < 4.78 is 5.44. The van der Waals surface area contributed by atoms with Crippen LogP contribution in [0.4, 0.5) is 0 Å². The molecule has 0 aromatic rings. The summed E-state index contributed by atoms with van der Waals surface area (Å²) in [5.74, 6) is 0.721. The molecule has 0 spiro atoms. The smallest absolute Gasteiger partial charge is 0.310 e. The summed E-state index contributed by atoms with van der Waals surface area (Å²) >= 11 is 0. The molecule has 90 valence electrons. The van der Waals surface area contributed by atoms with E-state index in [0.717, 1.165) is 12.8 Å². The predicted octanol–water partition coefficient (Wildman–Crippen LogP) is 2.33. The third kappa shape index (κ3) is 2.28. The van der Waals surface area contributed by atoms with Gasteiger partial charge in [0.1, 0.15) is 11.4 Å². The van der Waals surface area contributed by atoms with Gasteiger partial charge in [-0.2, -0.15) is 0 Å². The second kappa shape index (κ2) is 3.86. The lowest BCUT2D eigenvalue weighted by molar-refractivity contribution is -0.164. The molecular weight excluding hydrogens is 204 g/mol. The highest BCUT2D eigenvalue weighted by Crippen LogP contribution is 2.46. The predicted molar refractivity (Wildman–Crippen MR) is 59.8 cm³/mol. The molecule has 0 heterocycles. The van der Waals surface area contributed by atoms with E-state index < -0.39 is 5.60 Å². The van der Waals surface area contributed by atoms with Gasteiger partial charge in [0.15, 0.2) is 0 Å². The Morgan fingerprint density at radius 1 is 1.19 bits per heavy atom. The van der Waals surface area contributed by atoms with Gasteiger partial charge in [-0.1, -0.05) is 0 Å². The van der Waals surface area contributed by atoms with Crippen molar-refractivity contribution in [2.45, 2.75) is 52.1 Å². The van der Waals surface area contributed by atoms with E-state index >= 15 is 0 Å². The van der Waals surface area contributed by atoms with Crippen LogP contribution in [0, 0.1) is 17.8 Å². The topological polar surface area (TPSA) is 43.4 Å². The number of ketones is 1. The molecule has 3 heteroatoms. The number of Topliss-reactive ketones (excluding diaryl/α,β-unsaturated/α-hetero) is 1. The fourth-order valence-corrected chi connectivity index (χ4v) is 3.05. The summed E-state index contributed by atoms with van der Waals surface area (Å²) in [6.07, 6.45) is 3.20. The van der Waals surface area contributed by atoms with Crippen LogP contribution in [0.1, 0.15) is 46.5 Å². The zero-order chi connectivity index (χ0) is 11.9. The van der Waals surface area contributed by atoms with Gasteiger partial charge in [0.05, 0.1) is 5.92 Å². The Balaban J connectivity index is 2.06. The van der Waals surface area contributed by atoms with Crippen LogP contribution in [0.15, 0.2) is 0 Å². The molecule has 2 fully saturated rings. The summed E-state index contributed by atoms with van der Waals surface area (Å²) in [6.45, 7) is 5.67. The number of esters is 1. The molecule has 2 bridgehead atoms. The maximum Gasteiger partial charge on any atom is 0.310 e. The standard InChI is InChI=1S/C13H20O3/c1-13(2,3)16-12(15)11-8-4-5-9(11)7-10(14)6-8/h8-9,11H,4-7H2,1-3H3. The van der Waals surface area contributed by atoms with Crippen LogP contribution >= 0.6 is 0 Å². The van der Waals surface area contributed by atoms with Gasteiger partial charge in [0, 0.05) is 12.8 Å². The third-order valence-corrected chi connectivity index (χ3v) is 3.58. The van der Waals surface area contributed by atoms with E-state index in [1.165, 1.54) is 0 Å². The van der Waals surface area contributed by atoms with E-state index in [9.17, 15) is 9.59 Å². The van der Waals surface area contributed by atoms with Gasteiger partial charge in [0.25, 0.3) is 0 Å². The van der Waals surface area contributed by atoms with Crippen molar-refractivity contribution >= 4 is 11.8 Å². The van der Waals surface area contributed by atoms with E-state index in [2.05, 4.69) is 0 Å². The Hall–Kier alpha value is -0.860. The second-order valence-corrected chi connectivity index (χ2v) is 6.10. The van der Waals surface area contributed by atoms with Crippen molar-refractivity contribution in [2.24, 2.45) is 17.8 Å². The summed E-state index contributed by atoms with van der Waals surface area (Å²) in [5, 5.41) is 0. The number of hydrogen-bond acceptors (Lipinski definition) is 3. The van der Waals surface area contributed by atoms with Gasteiger partial charge < -0.3 is 4.74 Å². The lowest BCUT2D eigenvalue weighted by Gasteiger charge is -2.30. The number of ether oxygens (including phenoxy) is 1. The van der Waals surface area contributed by atoms with Gasteiger partial charge in [-0.3, -0.25) is 9.59 Å². The minimum atomic E-state index is -0.419. The largest absolute Gasteiger partial charge is 0.460 e. The summed E-state index contributed by atoms with van der Waals surface area (Å²) in [5.41, 5.74) is -0.419. The maximum absolute atomic E-state index is 12.0. The molecular formula is C13H20O3. The van der Waals surface area contributed by atoms with Crippen LogP contribution in [-0.2, 0) is 14.3 Å². The zero-order valence-electron chi connectivity index (χ0n) is 10.3. The number of hydrogen-bond donors (Lipinski definition) is 0. The Morgan fingerprint density at radius 2 is 1.69 bits per heavy atom. The van der Waals surface area contributed by atoms with Crippen molar-refractivity contribution < 1.29 is 14.3 Å². The highest BCUT2D eigenvalue weighted by atomic mass is 16.6. The molecule has 0 amide bonds. The quantitative estimate of drug-likeness (QED) is 0.642. The van der Waals surface area contributed by atoms with Gasteiger partial charge in [-0.05, 0) is 45.4 Å². The molecule has 0 aromatic carbocycles. The zero-order valence-corrected chi connectivity index (χ0v) is 10.3. The number of carbonyl (C=O) groups excluding carboxylic acids is 2. The molecule has 0 aliphatic heterocycles. The van der Waals surface area contributed by atoms with Crippen LogP contribution in [-0.4, -0.2) is 17.4 Å². The minimum Gasteiger partial charge on any atom is -0.460 e. The highest BCUT2D eigenvalue weighted by molar-refractivity contribution is 5.84. The first-order valence-corrected chi connectivity index (χ1v) is 6.11. The average Bonchev–Trinajstić information content (AvgIpc) is 2.36. The fraction of sp³-hybridized carbons (Fsp3) is 0.846. The molecule has 2 atom stereocenters. The van der Waals surface area contributed by atoms with E-state index in [0.29, 0.717) is 18.6 Å². The van der Waals surface area contributed by atoms with Crippen molar-refractivity contribution in [2.75, 3.05) is 0 Å². The first-order valence-electron chi connectivity index (χ1n) is 6.11. The number of fused-ring (bicyclic) bond motifs is 2. The van der Waals surface area contributed by atoms with Crippen LogP contribution in [0.5, 0.6) is 0 Å². The molecule has 0 saturated heterocycles. The van der Waals surface area contributed by atoms with Crippen LogP contribution in [0.25, 0.3) is 0 Å². The summed E-state index contributed by atoms with van der Waals surface area (Å²) in [4.78, 5) is 23.5. The lowest BCUT2D eigenvalue weighted by atomic mass is 9.78. The number of carbonyl (C=O) groups is 2. The van der Waals surface area contributed by atoms with Crippen molar-refractivity contribution in [1.82, 2.24) is 0 Å². The molecule has 0 aromatic heterocycles.